The number of aliphatic hydroxyl groups excluding tert-OH is 1. The van der Waals surface area contributed by atoms with Crippen molar-refractivity contribution in [2.24, 2.45) is 0 Å². The summed E-state index contributed by atoms with van der Waals surface area (Å²) in [6.07, 6.45) is -8.92. The lowest BCUT2D eigenvalue weighted by molar-refractivity contribution is -0.0203. The van der Waals surface area contributed by atoms with Crippen molar-refractivity contribution in [3.8, 4) is 0 Å². The Hall–Kier alpha value is 0.160. The first-order chi connectivity index (χ1) is 4.46. The lowest BCUT2D eigenvalue weighted by Gasteiger charge is -2.13. The maximum absolute atomic E-state index is 12.0. The molecule has 1 nitrogen and oxygen atoms in total. The molecule has 3 unspecified atom stereocenters. The zero-order chi connectivity index (χ0) is 8.31. The van der Waals surface area contributed by atoms with E-state index in [1.807, 2.05) is 0 Å². The highest BCUT2D eigenvalue weighted by Gasteiger charge is 2.33. The van der Waals surface area contributed by atoms with Crippen LogP contribution < -0.4 is 0 Å². The van der Waals surface area contributed by atoms with Crippen molar-refractivity contribution in [3.05, 3.63) is 0 Å². The van der Waals surface area contributed by atoms with Crippen LogP contribution in [0.2, 0.25) is 0 Å². The molecule has 0 saturated carbocycles. The molecular formula is C4H5BrF4O. The molecule has 0 spiro atoms. The van der Waals surface area contributed by atoms with Gasteiger partial charge in [-0.25, -0.2) is 17.6 Å². The Kier molecular flexibility index (Phi) is 4.19. The van der Waals surface area contributed by atoms with Gasteiger partial charge in [-0.15, -0.1) is 0 Å². The van der Waals surface area contributed by atoms with Crippen LogP contribution in [0.1, 0.15) is 0 Å². The normalized spacial score (nSPS) is 20.7. The molecule has 0 aliphatic carbocycles. The number of hydrogen-bond donors (Lipinski definition) is 1. The van der Waals surface area contributed by atoms with Crippen molar-refractivity contribution in [2.75, 3.05) is 0 Å². The lowest BCUT2D eigenvalue weighted by atomic mass is 10.3. The SMILES string of the molecule is OC(Br)C(F)C(F)C(F)F. The second kappa shape index (κ2) is 4.12. The van der Waals surface area contributed by atoms with E-state index < -0.39 is 23.8 Å². The molecule has 0 aliphatic heterocycles. The fraction of sp³-hybridized carbons (Fsp3) is 1.00. The second-order valence-electron chi connectivity index (χ2n) is 1.60. The molecule has 0 heterocycles. The summed E-state index contributed by atoms with van der Waals surface area (Å²) >= 11 is 2.22. The minimum atomic E-state index is -3.40. The fourth-order valence-electron chi connectivity index (χ4n) is 0.291. The van der Waals surface area contributed by atoms with Gasteiger partial charge in [-0.1, -0.05) is 15.9 Å². The first-order valence-corrected chi connectivity index (χ1v) is 3.26. The predicted molar refractivity (Wildman–Crippen MR) is 30.7 cm³/mol. The van der Waals surface area contributed by atoms with Crippen molar-refractivity contribution in [2.45, 2.75) is 23.8 Å². The Morgan fingerprint density at radius 1 is 1.00 bits per heavy atom. The third kappa shape index (κ3) is 2.83. The second-order valence-corrected chi connectivity index (χ2v) is 2.53. The maximum Gasteiger partial charge on any atom is 0.272 e. The van der Waals surface area contributed by atoms with Crippen molar-refractivity contribution < 1.29 is 22.7 Å². The molecular weight excluding hydrogens is 220 g/mol. The van der Waals surface area contributed by atoms with Gasteiger partial charge in [-0.2, -0.15) is 0 Å². The van der Waals surface area contributed by atoms with Gasteiger partial charge in [0.05, 0.1) is 0 Å². The molecule has 0 amide bonds. The van der Waals surface area contributed by atoms with E-state index in [1.54, 1.807) is 0 Å². The average molecular weight is 225 g/mol. The molecule has 0 rings (SSSR count). The van der Waals surface area contributed by atoms with Crippen LogP contribution in [0.4, 0.5) is 17.6 Å². The van der Waals surface area contributed by atoms with Gasteiger partial charge in [0.15, 0.2) is 12.3 Å². The van der Waals surface area contributed by atoms with Gasteiger partial charge in [0.2, 0.25) is 0 Å². The fourth-order valence-corrected chi connectivity index (χ4v) is 0.582. The highest BCUT2D eigenvalue weighted by Crippen LogP contribution is 2.18. The van der Waals surface area contributed by atoms with Gasteiger partial charge in [-0.3, -0.25) is 0 Å². The van der Waals surface area contributed by atoms with Crippen LogP contribution in [0.15, 0.2) is 0 Å². The summed E-state index contributed by atoms with van der Waals surface area (Å²) in [6, 6.07) is 0. The maximum atomic E-state index is 12.0. The Labute approximate surface area is 63.2 Å². The van der Waals surface area contributed by atoms with E-state index in [0.717, 1.165) is 0 Å². The smallest absolute Gasteiger partial charge is 0.272 e. The van der Waals surface area contributed by atoms with Crippen LogP contribution in [0.25, 0.3) is 0 Å². The van der Waals surface area contributed by atoms with Crippen LogP contribution >= 0.6 is 15.9 Å². The molecule has 3 atom stereocenters. The quantitative estimate of drug-likeness (QED) is 0.571. The summed E-state index contributed by atoms with van der Waals surface area (Å²) in [4.78, 5) is 0. The van der Waals surface area contributed by atoms with Crippen molar-refractivity contribution in [3.63, 3.8) is 0 Å². The highest BCUT2D eigenvalue weighted by molar-refractivity contribution is 9.09. The van der Waals surface area contributed by atoms with Gasteiger partial charge in [0, 0.05) is 0 Å². The van der Waals surface area contributed by atoms with E-state index in [1.165, 1.54) is 0 Å². The Bertz CT molecular complexity index is 87.3. The summed E-state index contributed by atoms with van der Waals surface area (Å²) < 4.78 is 46.5. The molecule has 0 aromatic rings. The molecule has 10 heavy (non-hydrogen) atoms. The predicted octanol–water partition coefficient (Wildman–Crippen LogP) is 1.64. The molecule has 0 fully saturated rings. The number of alkyl halides is 5. The van der Waals surface area contributed by atoms with E-state index in [9.17, 15) is 17.6 Å². The van der Waals surface area contributed by atoms with Crippen LogP contribution in [0.5, 0.6) is 0 Å². The molecule has 6 heteroatoms. The van der Waals surface area contributed by atoms with Crippen molar-refractivity contribution in [1.29, 1.82) is 0 Å². The van der Waals surface area contributed by atoms with Crippen LogP contribution in [-0.4, -0.2) is 28.9 Å². The van der Waals surface area contributed by atoms with Crippen LogP contribution in [-0.2, 0) is 0 Å². The molecule has 0 aromatic carbocycles. The van der Waals surface area contributed by atoms with E-state index >= 15 is 0 Å². The molecule has 0 aliphatic rings. The van der Waals surface area contributed by atoms with Gasteiger partial charge in [-0.05, 0) is 0 Å². The molecule has 0 saturated heterocycles. The number of halogens is 5. The lowest BCUT2D eigenvalue weighted by Crippen LogP contribution is -2.32. The van der Waals surface area contributed by atoms with E-state index in [0.29, 0.717) is 0 Å². The first kappa shape index (κ1) is 10.2. The monoisotopic (exact) mass is 224 g/mol. The van der Waals surface area contributed by atoms with Gasteiger partial charge in [0.1, 0.15) is 5.01 Å². The first-order valence-electron chi connectivity index (χ1n) is 2.35. The number of hydrogen-bond acceptors (Lipinski definition) is 1. The highest BCUT2D eigenvalue weighted by atomic mass is 79.9. The Morgan fingerprint density at radius 3 is 1.50 bits per heavy atom. The summed E-state index contributed by atoms with van der Waals surface area (Å²) in [5, 5.41) is 6.33. The van der Waals surface area contributed by atoms with Gasteiger partial charge < -0.3 is 5.11 Å². The van der Waals surface area contributed by atoms with E-state index in [-0.39, 0.29) is 0 Å². The summed E-state index contributed by atoms with van der Waals surface area (Å²) in [6.45, 7) is 0. The molecule has 1 N–H and O–H groups in total. The van der Waals surface area contributed by atoms with Crippen LogP contribution in [0.3, 0.4) is 0 Å². The van der Waals surface area contributed by atoms with Crippen LogP contribution in [0, 0.1) is 0 Å². The minimum Gasteiger partial charge on any atom is -0.379 e. The Balaban J connectivity index is 3.81. The molecule has 0 bridgehead atoms. The third-order valence-electron chi connectivity index (χ3n) is 0.808. The summed E-state index contributed by atoms with van der Waals surface area (Å²) in [5.41, 5.74) is 0. The zero-order valence-corrected chi connectivity index (χ0v) is 6.23. The molecule has 0 radical (unpaired) electrons. The van der Waals surface area contributed by atoms with Crippen molar-refractivity contribution >= 4 is 15.9 Å². The average Bonchev–Trinajstić information content (AvgIpc) is 1.84. The Morgan fingerprint density at radius 2 is 1.40 bits per heavy atom. The van der Waals surface area contributed by atoms with Gasteiger partial charge >= 0.3 is 0 Å². The van der Waals surface area contributed by atoms with Crippen molar-refractivity contribution in [1.82, 2.24) is 0 Å². The summed E-state index contributed by atoms with van der Waals surface area (Å²) in [5.74, 6) is 0. The largest absolute Gasteiger partial charge is 0.379 e. The zero-order valence-electron chi connectivity index (χ0n) is 4.65. The minimum absolute atomic E-state index is 1.88. The number of aliphatic hydroxyl groups is 1. The van der Waals surface area contributed by atoms with E-state index in [2.05, 4.69) is 15.9 Å². The number of rotatable bonds is 3. The molecule has 0 aromatic heterocycles. The molecule has 62 valence electrons. The third-order valence-corrected chi connectivity index (χ3v) is 1.31. The van der Waals surface area contributed by atoms with E-state index in [4.69, 9.17) is 5.11 Å². The van der Waals surface area contributed by atoms with Gasteiger partial charge in [0.25, 0.3) is 6.43 Å². The summed E-state index contributed by atoms with van der Waals surface area (Å²) in [7, 11) is 0. The standard InChI is InChI=1S/C4H5BrF4O/c5-3(10)1(6)2(7)4(8)9/h1-4,10H. The topological polar surface area (TPSA) is 20.2 Å².